The number of benzene rings is 2. The number of halogens is 2. The van der Waals surface area contributed by atoms with Gasteiger partial charge >= 0.3 is 0 Å². The summed E-state index contributed by atoms with van der Waals surface area (Å²) in [5, 5.41) is 1.34. The lowest BCUT2D eigenvalue weighted by molar-refractivity contribution is 0.253. The molecule has 112 valence electrons. The van der Waals surface area contributed by atoms with Crippen LogP contribution in [0.5, 0.6) is 0 Å². The van der Waals surface area contributed by atoms with E-state index in [2.05, 4.69) is 36.2 Å². The quantitative estimate of drug-likeness (QED) is 0.864. The zero-order valence-electron chi connectivity index (χ0n) is 12.1. The Morgan fingerprint density at radius 3 is 2.19 bits per heavy atom. The Kier molecular flexibility index (Phi) is 6.07. The Morgan fingerprint density at radius 2 is 1.62 bits per heavy atom. The van der Waals surface area contributed by atoms with Gasteiger partial charge in [0.2, 0.25) is 0 Å². The van der Waals surface area contributed by atoms with Crippen molar-refractivity contribution in [2.45, 2.75) is 12.5 Å². The van der Waals surface area contributed by atoms with Gasteiger partial charge in [-0.2, -0.15) is 0 Å². The van der Waals surface area contributed by atoms with E-state index in [1.165, 1.54) is 5.56 Å². The number of hydrogen-bond donors (Lipinski definition) is 1. The second kappa shape index (κ2) is 7.81. The van der Waals surface area contributed by atoms with Gasteiger partial charge in [-0.05, 0) is 31.2 Å². The highest BCUT2D eigenvalue weighted by Crippen LogP contribution is 2.32. The minimum absolute atomic E-state index is 0.0231. The third-order valence-electron chi connectivity index (χ3n) is 3.68. The fraction of sp³-hybridized carbons (Fsp3) is 0.294. The summed E-state index contributed by atoms with van der Waals surface area (Å²) in [7, 11) is 2.06. The van der Waals surface area contributed by atoms with Crippen molar-refractivity contribution in [1.29, 1.82) is 0 Å². The van der Waals surface area contributed by atoms with Crippen LogP contribution in [0.2, 0.25) is 10.0 Å². The maximum Gasteiger partial charge on any atom is 0.0497 e. The van der Waals surface area contributed by atoms with Crippen molar-refractivity contribution in [3.8, 4) is 0 Å². The summed E-state index contributed by atoms with van der Waals surface area (Å²) in [6.45, 7) is 1.38. The molecule has 0 aliphatic rings. The molecule has 2 nitrogen and oxygen atoms in total. The lowest BCUT2D eigenvalue weighted by Crippen LogP contribution is -2.32. The van der Waals surface area contributed by atoms with Gasteiger partial charge in [-0.3, -0.25) is 4.90 Å². The van der Waals surface area contributed by atoms with Crippen LogP contribution in [0.1, 0.15) is 17.2 Å². The number of rotatable bonds is 6. The van der Waals surface area contributed by atoms with Gasteiger partial charge in [0.1, 0.15) is 0 Å². The molecule has 0 aliphatic carbocycles. The Bertz CT molecular complexity index is 552. The number of hydrogen-bond acceptors (Lipinski definition) is 2. The van der Waals surface area contributed by atoms with Crippen LogP contribution in [-0.4, -0.2) is 25.0 Å². The molecule has 0 saturated carbocycles. The maximum atomic E-state index is 6.30. The molecule has 2 aromatic carbocycles. The van der Waals surface area contributed by atoms with E-state index in [0.717, 1.165) is 18.5 Å². The van der Waals surface area contributed by atoms with Crippen LogP contribution in [0.3, 0.4) is 0 Å². The highest BCUT2D eigenvalue weighted by Gasteiger charge is 2.20. The number of nitrogens with zero attached hydrogens (tertiary/aromatic N) is 1. The van der Waals surface area contributed by atoms with Crippen LogP contribution >= 0.6 is 23.2 Å². The van der Waals surface area contributed by atoms with E-state index in [1.54, 1.807) is 0 Å². The van der Waals surface area contributed by atoms with Gasteiger partial charge in [0.05, 0.1) is 0 Å². The molecule has 1 unspecified atom stereocenters. The Hall–Kier alpha value is -1.06. The van der Waals surface area contributed by atoms with Crippen LogP contribution < -0.4 is 5.73 Å². The summed E-state index contributed by atoms with van der Waals surface area (Å²) >= 11 is 12.6. The average Bonchev–Trinajstić information content (AvgIpc) is 2.50. The average molecular weight is 323 g/mol. The van der Waals surface area contributed by atoms with Crippen molar-refractivity contribution >= 4 is 23.2 Å². The molecule has 0 heterocycles. The van der Waals surface area contributed by atoms with Gasteiger partial charge in [0.25, 0.3) is 0 Å². The van der Waals surface area contributed by atoms with Crippen molar-refractivity contribution in [3.05, 3.63) is 69.7 Å². The molecule has 2 rings (SSSR count). The van der Waals surface area contributed by atoms with E-state index < -0.39 is 0 Å². The van der Waals surface area contributed by atoms with Crippen molar-refractivity contribution in [2.24, 2.45) is 5.73 Å². The monoisotopic (exact) mass is 322 g/mol. The highest BCUT2D eigenvalue weighted by molar-refractivity contribution is 6.36. The van der Waals surface area contributed by atoms with E-state index in [1.807, 2.05) is 24.3 Å². The normalized spacial score (nSPS) is 12.6. The van der Waals surface area contributed by atoms with Gasteiger partial charge in [-0.1, -0.05) is 59.6 Å². The summed E-state index contributed by atoms with van der Waals surface area (Å²) in [5.41, 5.74) is 8.18. The minimum atomic E-state index is 0.0231. The lowest BCUT2D eigenvalue weighted by Gasteiger charge is -2.28. The van der Waals surface area contributed by atoms with Gasteiger partial charge in [0, 0.05) is 34.7 Å². The first-order valence-electron chi connectivity index (χ1n) is 7.01. The van der Waals surface area contributed by atoms with Crippen molar-refractivity contribution in [3.63, 3.8) is 0 Å². The zero-order valence-corrected chi connectivity index (χ0v) is 13.6. The summed E-state index contributed by atoms with van der Waals surface area (Å²) in [4.78, 5) is 2.21. The molecular formula is C17H20Cl2N2. The van der Waals surface area contributed by atoms with Gasteiger partial charge in [0.15, 0.2) is 0 Å². The number of nitrogens with two attached hydrogens (primary N) is 1. The Labute approximate surface area is 136 Å². The predicted molar refractivity (Wildman–Crippen MR) is 91.0 cm³/mol. The van der Waals surface area contributed by atoms with Crippen LogP contribution in [0.25, 0.3) is 0 Å². The van der Waals surface area contributed by atoms with Crippen molar-refractivity contribution in [1.82, 2.24) is 4.90 Å². The molecule has 1 atom stereocenters. The standard InChI is InChI=1S/C17H20Cl2N2/c1-21(11-10-13-6-3-2-4-7-13)16(12-20)17-14(18)8-5-9-15(17)19/h2-9,16H,10-12,20H2,1H3. The second-order valence-corrected chi connectivity index (χ2v) is 5.92. The molecule has 2 aromatic rings. The van der Waals surface area contributed by atoms with Gasteiger partial charge in [-0.25, -0.2) is 0 Å². The topological polar surface area (TPSA) is 29.3 Å². The fourth-order valence-electron chi connectivity index (χ4n) is 2.45. The summed E-state index contributed by atoms with van der Waals surface area (Å²) < 4.78 is 0. The van der Waals surface area contributed by atoms with Crippen LogP contribution in [-0.2, 0) is 6.42 Å². The Morgan fingerprint density at radius 1 is 1.00 bits per heavy atom. The molecule has 0 aliphatic heterocycles. The molecule has 2 N–H and O–H groups in total. The SMILES string of the molecule is CN(CCc1ccccc1)C(CN)c1c(Cl)cccc1Cl. The largest absolute Gasteiger partial charge is 0.329 e. The Balaban J connectivity index is 2.10. The van der Waals surface area contributed by atoms with E-state index in [0.29, 0.717) is 16.6 Å². The zero-order chi connectivity index (χ0) is 15.2. The molecule has 0 spiro atoms. The maximum absolute atomic E-state index is 6.30. The summed E-state index contributed by atoms with van der Waals surface area (Å²) in [5.74, 6) is 0. The highest BCUT2D eigenvalue weighted by atomic mass is 35.5. The molecule has 0 amide bonds. The predicted octanol–water partition coefficient (Wildman–Crippen LogP) is 4.17. The van der Waals surface area contributed by atoms with E-state index >= 15 is 0 Å². The number of likely N-dealkylation sites (N-methyl/N-ethyl adjacent to an activating group) is 1. The first-order chi connectivity index (χ1) is 10.1. The molecule has 0 fully saturated rings. The third-order valence-corrected chi connectivity index (χ3v) is 4.34. The molecule has 4 heteroatoms. The molecule has 0 saturated heterocycles. The minimum Gasteiger partial charge on any atom is -0.329 e. The summed E-state index contributed by atoms with van der Waals surface area (Å²) in [6.07, 6.45) is 0.968. The second-order valence-electron chi connectivity index (χ2n) is 5.10. The van der Waals surface area contributed by atoms with E-state index in [-0.39, 0.29) is 6.04 Å². The van der Waals surface area contributed by atoms with Crippen LogP contribution in [0.15, 0.2) is 48.5 Å². The molecular weight excluding hydrogens is 303 g/mol. The third kappa shape index (κ3) is 4.21. The molecule has 0 aromatic heterocycles. The molecule has 0 bridgehead atoms. The van der Waals surface area contributed by atoms with Gasteiger partial charge in [-0.15, -0.1) is 0 Å². The first kappa shape index (κ1) is 16.3. The van der Waals surface area contributed by atoms with Crippen LogP contribution in [0.4, 0.5) is 0 Å². The van der Waals surface area contributed by atoms with Crippen LogP contribution in [0, 0.1) is 0 Å². The first-order valence-corrected chi connectivity index (χ1v) is 7.77. The summed E-state index contributed by atoms with van der Waals surface area (Å²) in [6, 6.07) is 16.0. The van der Waals surface area contributed by atoms with Crippen molar-refractivity contribution in [2.75, 3.05) is 20.1 Å². The lowest BCUT2D eigenvalue weighted by atomic mass is 10.0. The fourth-order valence-corrected chi connectivity index (χ4v) is 3.10. The van der Waals surface area contributed by atoms with Crippen molar-refractivity contribution < 1.29 is 0 Å². The van der Waals surface area contributed by atoms with E-state index in [4.69, 9.17) is 28.9 Å². The van der Waals surface area contributed by atoms with E-state index in [9.17, 15) is 0 Å². The molecule has 21 heavy (non-hydrogen) atoms. The molecule has 0 radical (unpaired) electrons. The smallest absolute Gasteiger partial charge is 0.0497 e. The van der Waals surface area contributed by atoms with Gasteiger partial charge < -0.3 is 5.73 Å².